The topological polar surface area (TPSA) is 110 Å². The molecule has 1 aromatic carbocycles. The molecule has 0 saturated heterocycles. The highest BCUT2D eigenvalue weighted by Crippen LogP contribution is 2.10. The van der Waals surface area contributed by atoms with Crippen LogP contribution >= 0.6 is 0 Å². The van der Waals surface area contributed by atoms with Gasteiger partial charge in [-0.05, 0) is 24.1 Å². The zero-order chi connectivity index (χ0) is 17.5. The van der Waals surface area contributed by atoms with Gasteiger partial charge in [-0.15, -0.1) is 0 Å². The molecule has 0 aliphatic carbocycles. The molecule has 0 aliphatic rings. The maximum absolute atomic E-state index is 12.1. The van der Waals surface area contributed by atoms with E-state index in [9.17, 15) is 18.0 Å². The van der Waals surface area contributed by atoms with Gasteiger partial charge in [-0.2, -0.15) is 0 Å². The lowest BCUT2D eigenvalue weighted by Crippen LogP contribution is -2.41. The van der Waals surface area contributed by atoms with Gasteiger partial charge in [-0.25, -0.2) is 17.9 Å². The second-order valence-electron chi connectivity index (χ2n) is 5.10. The van der Waals surface area contributed by atoms with Gasteiger partial charge in [0.2, 0.25) is 10.0 Å². The van der Waals surface area contributed by atoms with E-state index in [4.69, 9.17) is 5.11 Å². The fraction of sp³-hybridized carbons (Fsp3) is 0.467. The lowest BCUT2D eigenvalue weighted by Gasteiger charge is -2.14. The molecule has 0 aliphatic heterocycles. The molecule has 0 spiro atoms. The first kappa shape index (κ1) is 19.1. The second kappa shape index (κ2) is 8.64. The van der Waals surface area contributed by atoms with E-state index in [1.54, 1.807) is 0 Å². The monoisotopic (exact) mass is 343 g/mol. The number of nitrogens with one attached hydrogen (secondary N) is 1. The van der Waals surface area contributed by atoms with E-state index in [2.05, 4.69) is 9.46 Å². The van der Waals surface area contributed by atoms with Crippen molar-refractivity contribution >= 4 is 22.0 Å². The molecule has 0 radical (unpaired) electrons. The Kier molecular flexibility index (Phi) is 7.18. The molecule has 23 heavy (non-hydrogen) atoms. The van der Waals surface area contributed by atoms with Crippen LogP contribution in [0.5, 0.6) is 0 Å². The summed E-state index contributed by atoms with van der Waals surface area (Å²) in [4.78, 5) is 22.4. The maximum atomic E-state index is 12.1. The molecule has 0 amide bonds. The van der Waals surface area contributed by atoms with Crippen molar-refractivity contribution in [3.8, 4) is 0 Å². The van der Waals surface area contributed by atoms with Gasteiger partial charge < -0.3 is 9.84 Å². The third-order valence-corrected chi connectivity index (χ3v) is 4.55. The number of methoxy groups -OCH3 is 1. The summed E-state index contributed by atoms with van der Waals surface area (Å²) in [7, 11) is -2.54. The third-order valence-electron chi connectivity index (χ3n) is 3.20. The van der Waals surface area contributed by atoms with E-state index >= 15 is 0 Å². The lowest BCUT2D eigenvalue weighted by molar-refractivity contribution is -0.139. The van der Waals surface area contributed by atoms with E-state index in [1.165, 1.54) is 31.4 Å². The van der Waals surface area contributed by atoms with Crippen molar-refractivity contribution in [3.63, 3.8) is 0 Å². The molecule has 128 valence electrons. The van der Waals surface area contributed by atoms with E-state index in [-0.39, 0.29) is 12.2 Å². The standard InChI is InChI=1S/C15H21NO6S/c1-3-4-5-13(14(17)18)16-23(20,21)10-11-6-8-12(9-7-11)15(19)22-2/h6-9,13,16H,3-5,10H2,1-2H3,(H,17,18)/t13-/m0/s1. The highest BCUT2D eigenvalue weighted by molar-refractivity contribution is 7.88. The number of carboxylic acid groups (broad SMARTS) is 1. The summed E-state index contributed by atoms with van der Waals surface area (Å²) < 4.78 is 30.9. The number of benzene rings is 1. The van der Waals surface area contributed by atoms with Gasteiger partial charge in [-0.1, -0.05) is 31.9 Å². The molecule has 1 atom stereocenters. The number of sulfonamides is 1. The molecular weight excluding hydrogens is 322 g/mol. The largest absolute Gasteiger partial charge is 0.480 e. The van der Waals surface area contributed by atoms with Gasteiger partial charge in [0.1, 0.15) is 6.04 Å². The summed E-state index contributed by atoms with van der Waals surface area (Å²) in [6.07, 6.45) is 1.64. The van der Waals surface area contributed by atoms with Crippen LogP contribution in [0.3, 0.4) is 0 Å². The van der Waals surface area contributed by atoms with Gasteiger partial charge in [0.05, 0.1) is 18.4 Å². The summed E-state index contributed by atoms with van der Waals surface area (Å²) in [5, 5.41) is 9.08. The zero-order valence-corrected chi connectivity index (χ0v) is 13.9. The van der Waals surface area contributed by atoms with Crippen LogP contribution in [0.4, 0.5) is 0 Å². The number of carbonyl (C=O) groups excluding carboxylic acids is 1. The quantitative estimate of drug-likeness (QED) is 0.658. The van der Waals surface area contributed by atoms with Crippen molar-refractivity contribution in [1.82, 2.24) is 4.72 Å². The van der Waals surface area contributed by atoms with Crippen molar-refractivity contribution in [3.05, 3.63) is 35.4 Å². The van der Waals surface area contributed by atoms with Crippen LogP contribution in [0.15, 0.2) is 24.3 Å². The average Bonchev–Trinajstić information content (AvgIpc) is 2.50. The van der Waals surface area contributed by atoms with Gasteiger partial charge >= 0.3 is 11.9 Å². The predicted molar refractivity (Wildman–Crippen MR) is 84.5 cm³/mol. The van der Waals surface area contributed by atoms with Crippen LogP contribution in [0.25, 0.3) is 0 Å². The first-order chi connectivity index (χ1) is 10.8. The SMILES string of the molecule is CCCC[C@H](NS(=O)(=O)Cc1ccc(C(=O)OC)cc1)C(=O)O. The Morgan fingerprint density at radius 3 is 2.35 bits per heavy atom. The Balaban J connectivity index is 2.77. The molecule has 7 nitrogen and oxygen atoms in total. The molecule has 0 saturated carbocycles. The predicted octanol–water partition coefficient (Wildman–Crippen LogP) is 1.54. The molecule has 0 aromatic heterocycles. The molecule has 0 bridgehead atoms. The number of hydrogen-bond acceptors (Lipinski definition) is 5. The number of aliphatic carboxylic acids is 1. The Labute approximate surface area is 135 Å². The number of carbonyl (C=O) groups is 2. The zero-order valence-electron chi connectivity index (χ0n) is 13.1. The van der Waals surface area contributed by atoms with Gasteiger partial charge in [0, 0.05) is 0 Å². The van der Waals surface area contributed by atoms with E-state index in [0.29, 0.717) is 17.5 Å². The Morgan fingerprint density at radius 1 is 1.26 bits per heavy atom. The molecule has 0 unspecified atom stereocenters. The summed E-state index contributed by atoms with van der Waals surface area (Å²) in [6, 6.07) is 4.78. The smallest absolute Gasteiger partial charge is 0.337 e. The number of hydrogen-bond donors (Lipinski definition) is 2. The average molecular weight is 343 g/mol. The van der Waals surface area contributed by atoms with E-state index < -0.39 is 28.0 Å². The highest BCUT2D eigenvalue weighted by atomic mass is 32.2. The number of esters is 1. The highest BCUT2D eigenvalue weighted by Gasteiger charge is 2.23. The first-order valence-electron chi connectivity index (χ1n) is 7.19. The van der Waals surface area contributed by atoms with E-state index in [1.807, 2.05) is 6.92 Å². The van der Waals surface area contributed by atoms with E-state index in [0.717, 1.165) is 6.42 Å². The van der Waals surface area contributed by atoms with Crippen molar-refractivity contribution in [2.24, 2.45) is 0 Å². The molecule has 1 rings (SSSR count). The molecule has 0 fully saturated rings. The minimum atomic E-state index is -3.79. The third kappa shape index (κ3) is 6.37. The lowest BCUT2D eigenvalue weighted by atomic mass is 10.1. The fourth-order valence-corrected chi connectivity index (χ4v) is 3.34. The van der Waals surface area contributed by atoms with Crippen LogP contribution < -0.4 is 4.72 Å². The molecular formula is C15H21NO6S. The minimum Gasteiger partial charge on any atom is -0.480 e. The Bertz CT molecular complexity index is 638. The Hall–Kier alpha value is -1.93. The van der Waals surface area contributed by atoms with Crippen molar-refractivity contribution in [1.29, 1.82) is 0 Å². The number of unbranched alkanes of at least 4 members (excludes halogenated alkanes) is 1. The second-order valence-corrected chi connectivity index (χ2v) is 6.85. The summed E-state index contributed by atoms with van der Waals surface area (Å²) in [5.41, 5.74) is 0.762. The summed E-state index contributed by atoms with van der Waals surface area (Å²) in [6.45, 7) is 1.90. The van der Waals surface area contributed by atoms with Crippen molar-refractivity contribution in [2.45, 2.75) is 38.0 Å². The van der Waals surface area contributed by atoms with Crippen LogP contribution in [0, 0.1) is 0 Å². The molecule has 8 heteroatoms. The maximum Gasteiger partial charge on any atom is 0.337 e. The van der Waals surface area contributed by atoms with Crippen molar-refractivity contribution in [2.75, 3.05) is 7.11 Å². The number of rotatable bonds is 9. The van der Waals surface area contributed by atoms with Gasteiger partial charge in [-0.3, -0.25) is 4.79 Å². The van der Waals surface area contributed by atoms with Crippen LogP contribution in [-0.2, 0) is 25.3 Å². The number of carboxylic acids is 1. The molecule has 0 heterocycles. The van der Waals surface area contributed by atoms with Crippen molar-refractivity contribution < 1.29 is 27.9 Å². The first-order valence-corrected chi connectivity index (χ1v) is 8.84. The van der Waals surface area contributed by atoms with Gasteiger partial charge in [0.15, 0.2) is 0 Å². The van der Waals surface area contributed by atoms with Crippen LogP contribution in [0.1, 0.15) is 42.1 Å². The normalized spacial score (nSPS) is 12.6. The summed E-state index contributed by atoms with van der Waals surface area (Å²) >= 11 is 0. The van der Waals surface area contributed by atoms with Gasteiger partial charge in [0.25, 0.3) is 0 Å². The molecule has 2 N–H and O–H groups in total. The van der Waals surface area contributed by atoms with Crippen LogP contribution in [0.2, 0.25) is 0 Å². The molecule has 1 aromatic rings. The fourth-order valence-electron chi connectivity index (χ4n) is 1.97. The Morgan fingerprint density at radius 2 is 1.87 bits per heavy atom. The number of ether oxygens (including phenoxy) is 1. The minimum absolute atomic E-state index is 0.242. The summed E-state index contributed by atoms with van der Waals surface area (Å²) in [5.74, 6) is -2.06. The van der Waals surface area contributed by atoms with Crippen LogP contribution in [-0.4, -0.2) is 38.6 Å².